The third-order valence-corrected chi connectivity index (χ3v) is 6.47. The van der Waals surface area contributed by atoms with Crippen molar-refractivity contribution >= 4 is 33.8 Å². The number of aryl methyl sites for hydroxylation is 1. The van der Waals surface area contributed by atoms with Crippen molar-refractivity contribution in [2.45, 2.75) is 19.9 Å². The lowest BCUT2D eigenvalue weighted by atomic mass is 10.0. The first-order valence-electron chi connectivity index (χ1n) is 8.85. The summed E-state index contributed by atoms with van der Waals surface area (Å²) in [6.45, 7) is 6.34. The fourth-order valence-electron chi connectivity index (χ4n) is 3.69. The molecular formula is C18H21ClN5O2S+. The van der Waals surface area contributed by atoms with Gasteiger partial charge >= 0.3 is 0 Å². The first-order valence-corrected chi connectivity index (χ1v) is 10.0. The van der Waals surface area contributed by atoms with Crippen LogP contribution in [0, 0.1) is 6.92 Å². The van der Waals surface area contributed by atoms with E-state index in [-0.39, 0.29) is 17.8 Å². The lowest BCUT2D eigenvalue weighted by molar-refractivity contribution is -0.929. The highest BCUT2D eigenvalue weighted by molar-refractivity contribution is 7.17. The molecule has 0 radical (unpaired) electrons. The lowest BCUT2D eigenvalue weighted by Gasteiger charge is -2.36. The van der Waals surface area contributed by atoms with Crippen LogP contribution in [-0.4, -0.2) is 56.7 Å². The maximum Gasteiger partial charge on any atom is 0.235 e. The van der Waals surface area contributed by atoms with Crippen molar-refractivity contribution in [3.8, 4) is 5.88 Å². The van der Waals surface area contributed by atoms with E-state index in [1.807, 2.05) is 29.2 Å². The van der Waals surface area contributed by atoms with E-state index in [0.717, 1.165) is 23.5 Å². The van der Waals surface area contributed by atoms with Gasteiger partial charge in [-0.3, -0.25) is 4.79 Å². The molecule has 2 aromatic heterocycles. The number of hydrogen-bond acceptors (Lipinski definition) is 5. The van der Waals surface area contributed by atoms with Crippen LogP contribution in [0.25, 0.3) is 4.96 Å². The third kappa shape index (κ3) is 3.28. The van der Waals surface area contributed by atoms with E-state index >= 15 is 0 Å². The van der Waals surface area contributed by atoms with Gasteiger partial charge in [0.05, 0.1) is 31.2 Å². The summed E-state index contributed by atoms with van der Waals surface area (Å²) in [4.78, 5) is 20.6. The van der Waals surface area contributed by atoms with Crippen molar-refractivity contribution in [2.24, 2.45) is 0 Å². The Bertz CT molecular complexity index is 993. The lowest BCUT2D eigenvalue weighted by Crippen LogP contribution is -3.15. The summed E-state index contributed by atoms with van der Waals surface area (Å²) in [6.07, 6.45) is 0. The summed E-state index contributed by atoms with van der Waals surface area (Å²) in [5.41, 5.74) is 0.960. The molecule has 0 aliphatic carbocycles. The highest BCUT2D eigenvalue weighted by Gasteiger charge is 2.36. The highest BCUT2D eigenvalue weighted by atomic mass is 35.5. The van der Waals surface area contributed by atoms with Crippen LogP contribution in [0.15, 0.2) is 24.3 Å². The van der Waals surface area contributed by atoms with Gasteiger partial charge < -0.3 is 14.9 Å². The van der Waals surface area contributed by atoms with Crippen molar-refractivity contribution in [3.63, 3.8) is 0 Å². The van der Waals surface area contributed by atoms with E-state index in [1.54, 1.807) is 13.8 Å². The van der Waals surface area contributed by atoms with Crippen LogP contribution in [0.3, 0.4) is 0 Å². The molecule has 3 heterocycles. The summed E-state index contributed by atoms with van der Waals surface area (Å²) < 4.78 is 1.49. The molecule has 3 aromatic rings. The van der Waals surface area contributed by atoms with Crippen LogP contribution in [0.4, 0.5) is 0 Å². The van der Waals surface area contributed by atoms with E-state index in [4.69, 9.17) is 11.6 Å². The second-order valence-electron chi connectivity index (χ2n) is 6.76. The Balaban J connectivity index is 1.77. The van der Waals surface area contributed by atoms with Gasteiger partial charge in [-0.15, -0.1) is 5.10 Å². The maximum absolute atomic E-state index is 11.7. The van der Waals surface area contributed by atoms with Crippen LogP contribution < -0.4 is 4.90 Å². The minimum atomic E-state index is -0.137. The molecule has 0 bridgehead atoms. The van der Waals surface area contributed by atoms with Crippen LogP contribution in [0.5, 0.6) is 5.88 Å². The average Bonchev–Trinajstić information content (AvgIpc) is 3.15. The zero-order valence-corrected chi connectivity index (χ0v) is 16.7. The van der Waals surface area contributed by atoms with E-state index in [2.05, 4.69) is 10.1 Å². The molecule has 0 spiro atoms. The Hall–Kier alpha value is -2.16. The number of rotatable bonds is 3. The smallest absolute Gasteiger partial charge is 0.235 e. The first-order chi connectivity index (χ1) is 13.0. The first kappa shape index (κ1) is 18.2. The van der Waals surface area contributed by atoms with Gasteiger partial charge in [0.25, 0.3) is 0 Å². The molecule has 27 heavy (non-hydrogen) atoms. The number of quaternary nitrogens is 1. The standard InChI is InChI=1S/C18H20ClN5O2S/c1-11-20-18-24(21-11)17(26)16(27-18)15(13-5-3-4-6-14(13)19)23-9-7-22(8-10-23)12(2)25/h3-6,15,26H,7-10H2,1-2H3/p+1/t15-/m0/s1. The average molecular weight is 407 g/mol. The van der Waals surface area contributed by atoms with E-state index < -0.39 is 0 Å². The number of aromatic nitrogens is 3. The zero-order valence-electron chi connectivity index (χ0n) is 15.1. The van der Waals surface area contributed by atoms with Gasteiger partial charge in [-0.05, 0) is 13.0 Å². The quantitative estimate of drug-likeness (QED) is 0.687. The van der Waals surface area contributed by atoms with Gasteiger partial charge in [0.2, 0.25) is 16.7 Å². The fraction of sp³-hybridized carbons (Fsp3) is 0.389. The van der Waals surface area contributed by atoms with E-state index in [1.165, 1.54) is 20.8 Å². The molecule has 1 atom stereocenters. The number of hydrogen-bond donors (Lipinski definition) is 2. The Labute approximate surface area is 165 Å². The van der Waals surface area contributed by atoms with Crippen LogP contribution in [0.1, 0.15) is 29.2 Å². The van der Waals surface area contributed by atoms with Crippen molar-refractivity contribution in [3.05, 3.63) is 45.6 Å². The number of nitrogens with zero attached hydrogens (tertiary/aromatic N) is 4. The van der Waals surface area contributed by atoms with Crippen molar-refractivity contribution in [1.82, 2.24) is 19.5 Å². The van der Waals surface area contributed by atoms with E-state index in [9.17, 15) is 9.90 Å². The SMILES string of the molecule is CC(=O)N1CC[NH+]([C@@H](c2ccccc2Cl)c2sc3nc(C)nn3c2O)CC1. The summed E-state index contributed by atoms with van der Waals surface area (Å²) in [6, 6.07) is 7.59. The molecule has 1 amide bonds. The highest BCUT2D eigenvalue weighted by Crippen LogP contribution is 2.37. The summed E-state index contributed by atoms with van der Waals surface area (Å²) in [5.74, 6) is 0.835. The molecule has 1 saturated heterocycles. The Morgan fingerprint density at radius 2 is 2.04 bits per heavy atom. The molecule has 1 fully saturated rings. The second-order valence-corrected chi connectivity index (χ2v) is 8.18. The summed E-state index contributed by atoms with van der Waals surface area (Å²) >= 11 is 7.96. The van der Waals surface area contributed by atoms with Gasteiger partial charge in [-0.1, -0.05) is 41.1 Å². The van der Waals surface area contributed by atoms with Crippen molar-refractivity contribution in [1.29, 1.82) is 0 Å². The normalized spacial score (nSPS) is 16.8. The minimum absolute atomic E-state index is 0.0976. The number of piperazine rings is 1. The number of thiazole rings is 1. The second kappa shape index (κ2) is 7.10. The fourth-order valence-corrected chi connectivity index (χ4v) is 5.11. The predicted octanol–water partition coefficient (Wildman–Crippen LogP) is 1.29. The number of benzene rings is 1. The van der Waals surface area contributed by atoms with Crippen LogP contribution >= 0.6 is 22.9 Å². The molecule has 9 heteroatoms. The molecule has 0 saturated carbocycles. The topological polar surface area (TPSA) is 75.2 Å². The number of amides is 1. The number of aromatic hydroxyl groups is 1. The van der Waals surface area contributed by atoms with Gasteiger partial charge in [-0.2, -0.15) is 4.52 Å². The Kier molecular flexibility index (Phi) is 4.79. The van der Waals surface area contributed by atoms with Crippen LogP contribution in [-0.2, 0) is 4.79 Å². The number of carbonyl (C=O) groups is 1. The largest absolute Gasteiger partial charge is 0.492 e. The number of carbonyl (C=O) groups excluding carboxylic acids is 1. The number of fused-ring (bicyclic) bond motifs is 1. The molecule has 1 aliphatic heterocycles. The molecule has 4 rings (SSSR count). The molecule has 0 unspecified atom stereocenters. The Morgan fingerprint density at radius 1 is 1.33 bits per heavy atom. The minimum Gasteiger partial charge on any atom is -0.492 e. The van der Waals surface area contributed by atoms with Crippen molar-refractivity contribution < 1.29 is 14.8 Å². The molecule has 1 aliphatic rings. The van der Waals surface area contributed by atoms with Gasteiger partial charge in [0, 0.05) is 12.5 Å². The molecule has 7 nitrogen and oxygen atoms in total. The van der Waals surface area contributed by atoms with Gasteiger partial charge in [0.15, 0.2) is 6.04 Å². The van der Waals surface area contributed by atoms with Gasteiger partial charge in [-0.25, -0.2) is 4.98 Å². The van der Waals surface area contributed by atoms with Gasteiger partial charge in [0.1, 0.15) is 10.7 Å². The maximum atomic E-state index is 11.7. The molecule has 2 N–H and O–H groups in total. The van der Waals surface area contributed by atoms with Crippen molar-refractivity contribution in [2.75, 3.05) is 26.2 Å². The predicted molar refractivity (Wildman–Crippen MR) is 104 cm³/mol. The molecule has 1 aromatic carbocycles. The number of nitrogens with one attached hydrogen (secondary N) is 1. The molecular weight excluding hydrogens is 386 g/mol. The monoisotopic (exact) mass is 406 g/mol. The van der Waals surface area contributed by atoms with Crippen LogP contribution in [0.2, 0.25) is 5.02 Å². The van der Waals surface area contributed by atoms with E-state index in [0.29, 0.717) is 28.9 Å². The molecule has 142 valence electrons. The summed E-state index contributed by atoms with van der Waals surface area (Å²) in [7, 11) is 0. The number of halogens is 1. The summed E-state index contributed by atoms with van der Waals surface area (Å²) in [5, 5.41) is 15.8. The zero-order chi connectivity index (χ0) is 19.1. The third-order valence-electron chi connectivity index (χ3n) is 5.04. The Morgan fingerprint density at radius 3 is 2.67 bits per heavy atom.